The molecular weight excluding hydrogens is 314 g/mol. The van der Waals surface area contributed by atoms with Crippen LogP contribution in [-0.2, 0) is 11.3 Å². The number of methoxy groups -OCH3 is 2. The predicted octanol–water partition coefficient (Wildman–Crippen LogP) is 3.90. The highest BCUT2D eigenvalue weighted by Gasteiger charge is 2.33. The highest BCUT2D eigenvalue weighted by Crippen LogP contribution is 2.44. The van der Waals surface area contributed by atoms with E-state index in [2.05, 4.69) is 17.4 Å². The van der Waals surface area contributed by atoms with Crippen LogP contribution in [0.5, 0.6) is 11.5 Å². The molecule has 0 radical (unpaired) electrons. The Labute approximate surface area is 149 Å². The highest BCUT2D eigenvalue weighted by molar-refractivity contribution is 5.77. The van der Waals surface area contributed by atoms with E-state index in [0.717, 1.165) is 5.56 Å². The lowest BCUT2D eigenvalue weighted by Gasteiger charge is -2.17. The number of carbonyl (C=O) groups is 1. The Morgan fingerprint density at radius 1 is 1.08 bits per heavy atom. The van der Waals surface area contributed by atoms with E-state index in [0.29, 0.717) is 36.3 Å². The van der Waals surface area contributed by atoms with Crippen molar-refractivity contribution in [1.29, 1.82) is 0 Å². The van der Waals surface area contributed by atoms with Gasteiger partial charge in [-0.2, -0.15) is 0 Å². The van der Waals surface area contributed by atoms with Gasteiger partial charge in [0.1, 0.15) is 0 Å². The van der Waals surface area contributed by atoms with Crippen LogP contribution in [0.1, 0.15) is 36.3 Å². The van der Waals surface area contributed by atoms with Crippen molar-refractivity contribution in [3.8, 4) is 11.5 Å². The summed E-state index contributed by atoms with van der Waals surface area (Å²) in [4.78, 5) is 12.4. The summed E-state index contributed by atoms with van der Waals surface area (Å²) in [5.41, 5.74) is 2.26. The van der Waals surface area contributed by atoms with E-state index >= 15 is 0 Å². The molecule has 4 heteroatoms. The summed E-state index contributed by atoms with van der Waals surface area (Å²) in [7, 11) is 3.22. The molecule has 0 bridgehead atoms. The van der Waals surface area contributed by atoms with Crippen molar-refractivity contribution in [2.24, 2.45) is 5.92 Å². The van der Waals surface area contributed by atoms with Gasteiger partial charge in [-0.3, -0.25) is 4.79 Å². The molecule has 132 valence electrons. The van der Waals surface area contributed by atoms with Gasteiger partial charge in [-0.05, 0) is 47.9 Å². The van der Waals surface area contributed by atoms with Gasteiger partial charge >= 0.3 is 0 Å². The van der Waals surface area contributed by atoms with Crippen LogP contribution in [-0.4, -0.2) is 20.1 Å². The molecular formula is C21H25NO3. The first-order chi connectivity index (χ1) is 12.2. The summed E-state index contributed by atoms with van der Waals surface area (Å²) < 4.78 is 10.5. The molecule has 0 aliphatic heterocycles. The Hall–Kier alpha value is -2.49. The average Bonchev–Trinajstić information content (AvgIpc) is 3.50. The molecule has 2 aromatic rings. The molecule has 25 heavy (non-hydrogen) atoms. The predicted molar refractivity (Wildman–Crippen MR) is 97.9 cm³/mol. The standard InChI is InChI=1S/C21H25NO3/c1-24-19-11-8-15(12-20(19)25-2)14-22-21(23)13-18(17-9-10-17)16-6-4-3-5-7-16/h3-8,11-12,17-18H,9-10,13-14H2,1-2H3,(H,22,23). The number of rotatable bonds is 8. The van der Waals surface area contributed by atoms with Crippen molar-refractivity contribution in [1.82, 2.24) is 5.32 Å². The third-order valence-corrected chi connectivity index (χ3v) is 4.76. The lowest BCUT2D eigenvalue weighted by atomic mass is 9.91. The fourth-order valence-electron chi connectivity index (χ4n) is 3.22. The summed E-state index contributed by atoms with van der Waals surface area (Å²) in [6.45, 7) is 0.491. The number of nitrogens with one attached hydrogen (secondary N) is 1. The van der Waals surface area contributed by atoms with Crippen LogP contribution in [0, 0.1) is 5.92 Å². The zero-order valence-electron chi connectivity index (χ0n) is 14.8. The first kappa shape index (κ1) is 17.3. The van der Waals surface area contributed by atoms with E-state index in [4.69, 9.17) is 9.47 Å². The van der Waals surface area contributed by atoms with Crippen LogP contribution in [0.25, 0.3) is 0 Å². The molecule has 3 rings (SSSR count). The second-order valence-corrected chi connectivity index (χ2v) is 6.52. The summed E-state index contributed by atoms with van der Waals surface area (Å²) >= 11 is 0. The Morgan fingerprint density at radius 2 is 1.80 bits per heavy atom. The highest BCUT2D eigenvalue weighted by atomic mass is 16.5. The third kappa shape index (κ3) is 4.53. The molecule has 1 aliphatic carbocycles. The average molecular weight is 339 g/mol. The molecule has 1 aliphatic rings. The van der Waals surface area contributed by atoms with Gasteiger partial charge in [0.15, 0.2) is 11.5 Å². The Morgan fingerprint density at radius 3 is 2.44 bits per heavy atom. The van der Waals surface area contributed by atoms with Crippen molar-refractivity contribution >= 4 is 5.91 Å². The van der Waals surface area contributed by atoms with Crippen LogP contribution < -0.4 is 14.8 Å². The van der Waals surface area contributed by atoms with E-state index in [1.807, 2.05) is 36.4 Å². The Balaban J connectivity index is 1.59. The SMILES string of the molecule is COc1ccc(CNC(=O)CC(c2ccccc2)C2CC2)cc1OC. The zero-order valence-corrected chi connectivity index (χ0v) is 14.8. The fourth-order valence-corrected chi connectivity index (χ4v) is 3.22. The second kappa shape index (κ2) is 8.06. The molecule has 0 heterocycles. The first-order valence-electron chi connectivity index (χ1n) is 8.74. The summed E-state index contributed by atoms with van der Waals surface area (Å²) in [6.07, 6.45) is 2.99. The molecule has 2 aromatic carbocycles. The summed E-state index contributed by atoms with van der Waals surface area (Å²) in [5, 5.41) is 3.04. The first-order valence-corrected chi connectivity index (χ1v) is 8.74. The van der Waals surface area contributed by atoms with Crippen molar-refractivity contribution < 1.29 is 14.3 Å². The number of hydrogen-bond donors (Lipinski definition) is 1. The lowest BCUT2D eigenvalue weighted by molar-refractivity contribution is -0.121. The minimum absolute atomic E-state index is 0.0931. The van der Waals surface area contributed by atoms with Gasteiger partial charge in [0, 0.05) is 13.0 Å². The smallest absolute Gasteiger partial charge is 0.220 e. The molecule has 1 atom stereocenters. The topological polar surface area (TPSA) is 47.6 Å². The summed E-state index contributed by atoms with van der Waals surface area (Å²) in [5.74, 6) is 2.43. The van der Waals surface area contributed by atoms with E-state index in [-0.39, 0.29) is 5.91 Å². The normalized spacial score (nSPS) is 14.6. The molecule has 1 unspecified atom stereocenters. The van der Waals surface area contributed by atoms with Crippen molar-refractivity contribution in [3.05, 3.63) is 59.7 Å². The van der Waals surface area contributed by atoms with Crippen LogP contribution >= 0.6 is 0 Å². The van der Waals surface area contributed by atoms with Crippen LogP contribution in [0.2, 0.25) is 0 Å². The molecule has 4 nitrogen and oxygen atoms in total. The Kier molecular flexibility index (Phi) is 5.59. The fraction of sp³-hybridized carbons (Fsp3) is 0.381. The monoisotopic (exact) mass is 339 g/mol. The van der Waals surface area contributed by atoms with Gasteiger partial charge in [0.2, 0.25) is 5.91 Å². The maximum atomic E-state index is 12.4. The number of ether oxygens (including phenoxy) is 2. The largest absolute Gasteiger partial charge is 0.493 e. The van der Waals surface area contributed by atoms with Gasteiger partial charge in [0.25, 0.3) is 0 Å². The second-order valence-electron chi connectivity index (χ2n) is 6.52. The van der Waals surface area contributed by atoms with Crippen LogP contribution in [0.15, 0.2) is 48.5 Å². The van der Waals surface area contributed by atoms with E-state index in [1.54, 1.807) is 14.2 Å². The Bertz CT molecular complexity index is 710. The van der Waals surface area contributed by atoms with E-state index in [1.165, 1.54) is 18.4 Å². The number of hydrogen-bond acceptors (Lipinski definition) is 3. The molecule has 0 saturated heterocycles. The third-order valence-electron chi connectivity index (χ3n) is 4.76. The van der Waals surface area contributed by atoms with Crippen LogP contribution in [0.4, 0.5) is 0 Å². The molecule has 0 spiro atoms. The van der Waals surface area contributed by atoms with Gasteiger partial charge < -0.3 is 14.8 Å². The van der Waals surface area contributed by atoms with Crippen molar-refractivity contribution in [2.75, 3.05) is 14.2 Å². The number of benzene rings is 2. The molecule has 0 aromatic heterocycles. The zero-order chi connectivity index (χ0) is 17.6. The molecule has 1 N–H and O–H groups in total. The van der Waals surface area contributed by atoms with Gasteiger partial charge in [-0.1, -0.05) is 36.4 Å². The van der Waals surface area contributed by atoms with Crippen molar-refractivity contribution in [2.45, 2.75) is 31.7 Å². The van der Waals surface area contributed by atoms with E-state index in [9.17, 15) is 4.79 Å². The maximum Gasteiger partial charge on any atom is 0.220 e. The summed E-state index contributed by atoms with van der Waals surface area (Å²) in [6, 6.07) is 16.1. The lowest BCUT2D eigenvalue weighted by Crippen LogP contribution is -2.25. The van der Waals surface area contributed by atoms with E-state index < -0.39 is 0 Å². The maximum absolute atomic E-state index is 12.4. The molecule has 1 amide bonds. The minimum Gasteiger partial charge on any atom is -0.493 e. The van der Waals surface area contributed by atoms with Crippen LogP contribution in [0.3, 0.4) is 0 Å². The van der Waals surface area contributed by atoms with Crippen molar-refractivity contribution in [3.63, 3.8) is 0 Å². The number of amides is 1. The minimum atomic E-state index is 0.0931. The van der Waals surface area contributed by atoms with Gasteiger partial charge in [-0.25, -0.2) is 0 Å². The molecule has 1 fully saturated rings. The quantitative estimate of drug-likeness (QED) is 0.793. The van der Waals surface area contributed by atoms with Gasteiger partial charge in [0.05, 0.1) is 14.2 Å². The molecule has 1 saturated carbocycles. The van der Waals surface area contributed by atoms with Gasteiger partial charge in [-0.15, -0.1) is 0 Å². The number of carbonyl (C=O) groups excluding carboxylic acids is 1.